The van der Waals surface area contributed by atoms with Gasteiger partial charge in [-0.2, -0.15) is 0 Å². The molecule has 0 aliphatic carbocycles. The lowest BCUT2D eigenvalue weighted by atomic mass is 10.1. The van der Waals surface area contributed by atoms with E-state index in [1.54, 1.807) is 29.4 Å². The first-order valence-corrected chi connectivity index (χ1v) is 9.48. The highest BCUT2D eigenvalue weighted by molar-refractivity contribution is 5.85. The highest BCUT2D eigenvalue weighted by Gasteiger charge is 2.18. The largest absolute Gasteiger partial charge is 0.482 e. The quantitative estimate of drug-likeness (QED) is 0.828. The Morgan fingerprint density at radius 2 is 2.04 bits per heavy atom. The molecular weight excluding hydrogens is 358 g/mol. The van der Waals surface area contributed by atoms with Gasteiger partial charge < -0.3 is 20.3 Å². The van der Waals surface area contributed by atoms with Gasteiger partial charge in [0.2, 0.25) is 5.91 Å². The van der Waals surface area contributed by atoms with Gasteiger partial charge in [0.05, 0.1) is 12.7 Å². The van der Waals surface area contributed by atoms with Gasteiger partial charge in [0.1, 0.15) is 11.6 Å². The lowest BCUT2D eigenvalue weighted by Crippen LogP contribution is -2.44. The molecule has 0 radical (unpaired) electrons. The number of hydrogen-bond donors (Lipinski definition) is 2. The van der Waals surface area contributed by atoms with Gasteiger partial charge in [-0.15, -0.1) is 0 Å². The Morgan fingerprint density at radius 3 is 2.89 bits per heavy atom. The highest BCUT2D eigenvalue weighted by Crippen LogP contribution is 2.10. The molecule has 0 fully saturated rings. The van der Waals surface area contributed by atoms with Crippen LogP contribution >= 0.6 is 0 Å². The molecule has 3 rings (SSSR count). The number of nitrogens with zero attached hydrogens (tertiary/aromatic N) is 3. The van der Waals surface area contributed by atoms with Gasteiger partial charge in [-0.1, -0.05) is 6.07 Å². The number of carbonyl (C=O) groups is 2. The number of nitrogens with one attached hydrogen (secondary N) is 2. The summed E-state index contributed by atoms with van der Waals surface area (Å²) in [5.41, 5.74) is 1.02. The number of amides is 2. The van der Waals surface area contributed by atoms with Crippen molar-refractivity contribution in [1.29, 1.82) is 0 Å². The van der Waals surface area contributed by atoms with E-state index in [9.17, 15) is 9.59 Å². The molecule has 0 saturated heterocycles. The average Bonchev–Trinajstić information content (AvgIpc) is 2.72. The number of rotatable bonds is 3. The van der Waals surface area contributed by atoms with Crippen molar-refractivity contribution in [3.05, 3.63) is 48.4 Å². The van der Waals surface area contributed by atoms with E-state index < -0.39 is 0 Å². The molecule has 0 saturated carbocycles. The fraction of sp³-hybridized carbons (Fsp3) is 0.400. The Labute approximate surface area is 164 Å². The number of carbonyl (C=O) groups excluding carboxylic acids is 2. The van der Waals surface area contributed by atoms with Crippen LogP contribution in [0.5, 0.6) is 5.75 Å². The van der Waals surface area contributed by atoms with E-state index in [-0.39, 0.29) is 25.0 Å². The highest BCUT2D eigenvalue weighted by atomic mass is 16.5. The minimum Gasteiger partial charge on any atom is -0.482 e. The standard InChI is InChI=1S/C20H25N5O3/c26-19-14-25(20(27)15-28-17-7-4-9-21-13-17)12-2-1-5-16-6-3-8-18(24-16)22-10-11-23-19/h3-4,6-9,13H,1-2,5,10-12,14-15H2,(H,22,24)(H,23,26). The fourth-order valence-corrected chi connectivity index (χ4v) is 2.91. The minimum absolute atomic E-state index is 0.0266. The topological polar surface area (TPSA) is 96.5 Å². The van der Waals surface area contributed by atoms with Crippen LogP contribution < -0.4 is 15.4 Å². The van der Waals surface area contributed by atoms with Crippen LogP contribution in [0.15, 0.2) is 42.7 Å². The summed E-state index contributed by atoms with van der Waals surface area (Å²) in [6.07, 6.45) is 5.68. The first-order valence-electron chi connectivity index (χ1n) is 9.48. The Kier molecular flexibility index (Phi) is 7.17. The van der Waals surface area contributed by atoms with Gasteiger partial charge >= 0.3 is 0 Å². The summed E-state index contributed by atoms with van der Waals surface area (Å²) in [5, 5.41) is 6.03. The third kappa shape index (κ3) is 6.22. The third-order valence-corrected chi connectivity index (χ3v) is 4.35. The van der Waals surface area contributed by atoms with Gasteiger partial charge in [0, 0.05) is 31.5 Å². The first-order chi connectivity index (χ1) is 13.7. The maximum absolute atomic E-state index is 12.6. The summed E-state index contributed by atoms with van der Waals surface area (Å²) in [5.74, 6) is 0.937. The van der Waals surface area contributed by atoms with Crippen molar-refractivity contribution in [3.8, 4) is 5.75 Å². The summed E-state index contributed by atoms with van der Waals surface area (Å²) in [7, 11) is 0. The zero-order valence-electron chi connectivity index (χ0n) is 15.8. The summed E-state index contributed by atoms with van der Waals surface area (Å²) in [4.78, 5) is 34.9. The van der Waals surface area contributed by atoms with Crippen molar-refractivity contribution >= 4 is 17.6 Å². The predicted octanol–water partition coefficient (Wildman–Crippen LogP) is 1.25. The zero-order valence-corrected chi connectivity index (χ0v) is 15.8. The smallest absolute Gasteiger partial charge is 0.260 e. The molecule has 0 unspecified atom stereocenters. The van der Waals surface area contributed by atoms with Crippen molar-refractivity contribution in [2.45, 2.75) is 19.3 Å². The molecule has 148 valence electrons. The monoisotopic (exact) mass is 383 g/mol. The molecular formula is C20H25N5O3. The summed E-state index contributed by atoms with van der Waals surface area (Å²) < 4.78 is 5.49. The number of hydrogen-bond acceptors (Lipinski definition) is 6. The molecule has 2 aromatic heterocycles. The van der Waals surface area contributed by atoms with E-state index >= 15 is 0 Å². The van der Waals surface area contributed by atoms with Crippen LogP contribution in [0.2, 0.25) is 0 Å². The van der Waals surface area contributed by atoms with E-state index in [4.69, 9.17) is 4.74 Å². The second-order valence-electron chi connectivity index (χ2n) is 6.54. The number of pyridine rings is 2. The Balaban J connectivity index is 1.59. The van der Waals surface area contributed by atoms with E-state index in [2.05, 4.69) is 20.6 Å². The Hall–Kier alpha value is -3.16. The lowest BCUT2D eigenvalue weighted by molar-refractivity contribution is -0.137. The molecule has 8 nitrogen and oxygen atoms in total. The second kappa shape index (κ2) is 10.2. The molecule has 1 aliphatic heterocycles. The van der Waals surface area contributed by atoms with Crippen LogP contribution in [-0.2, 0) is 16.0 Å². The number of aryl methyl sites for hydroxylation is 1. The summed E-state index contributed by atoms with van der Waals surface area (Å²) in [6.45, 7) is 1.43. The average molecular weight is 383 g/mol. The third-order valence-electron chi connectivity index (χ3n) is 4.35. The van der Waals surface area contributed by atoms with Crippen molar-refractivity contribution < 1.29 is 14.3 Å². The lowest BCUT2D eigenvalue weighted by Gasteiger charge is -2.22. The molecule has 8 heteroatoms. The molecule has 3 heterocycles. The molecule has 0 aromatic carbocycles. The van der Waals surface area contributed by atoms with E-state index in [0.717, 1.165) is 30.8 Å². The summed E-state index contributed by atoms with van der Waals surface area (Å²) in [6, 6.07) is 9.38. The number of fused-ring (bicyclic) bond motifs is 2. The van der Waals surface area contributed by atoms with Crippen molar-refractivity contribution in [2.75, 3.05) is 38.1 Å². The molecule has 28 heavy (non-hydrogen) atoms. The fourth-order valence-electron chi connectivity index (χ4n) is 2.91. The van der Waals surface area contributed by atoms with E-state index in [1.807, 2.05) is 18.2 Å². The first kappa shape index (κ1) is 19.6. The van der Waals surface area contributed by atoms with Gasteiger partial charge in [-0.25, -0.2) is 4.98 Å². The van der Waals surface area contributed by atoms with Crippen LogP contribution in [-0.4, -0.2) is 59.5 Å². The van der Waals surface area contributed by atoms with Crippen LogP contribution in [0.1, 0.15) is 18.5 Å². The normalized spacial score (nSPS) is 15.7. The SMILES string of the molecule is O=C1CN(C(=O)COc2cccnc2)CCCCc2cccc(n2)NCCN1. The molecule has 0 atom stereocenters. The van der Waals surface area contributed by atoms with E-state index in [0.29, 0.717) is 25.4 Å². The molecule has 2 bridgehead atoms. The van der Waals surface area contributed by atoms with Crippen LogP contribution in [0.25, 0.3) is 0 Å². The van der Waals surface area contributed by atoms with Crippen molar-refractivity contribution in [1.82, 2.24) is 20.2 Å². The molecule has 1 aliphatic rings. The minimum atomic E-state index is -0.218. The predicted molar refractivity (Wildman–Crippen MR) is 105 cm³/mol. The Bertz CT molecular complexity index is 784. The van der Waals surface area contributed by atoms with Crippen LogP contribution in [0.4, 0.5) is 5.82 Å². The van der Waals surface area contributed by atoms with Crippen molar-refractivity contribution in [3.63, 3.8) is 0 Å². The second-order valence-corrected chi connectivity index (χ2v) is 6.54. The van der Waals surface area contributed by atoms with Crippen LogP contribution in [0.3, 0.4) is 0 Å². The molecule has 0 spiro atoms. The summed E-state index contributed by atoms with van der Waals surface area (Å²) >= 11 is 0. The maximum atomic E-state index is 12.6. The van der Waals surface area contributed by atoms with Gasteiger partial charge in [-0.05, 0) is 43.5 Å². The Morgan fingerprint density at radius 1 is 1.14 bits per heavy atom. The van der Waals surface area contributed by atoms with Crippen LogP contribution in [0, 0.1) is 0 Å². The number of anilines is 1. The number of aromatic nitrogens is 2. The van der Waals surface area contributed by atoms with Crippen molar-refractivity contribution in [2.24, 2.45) is 0 Å². The van der Waals surface area contributed by atoms with Gasteiger partial charge in [0.15, 0.2) is 6.61 Å². The van der Waals surface area contributed by atoms with E-state index in [1.165, 1.54) is 0 Å². The van der Waals surface area contributed by atoms with Gasteiger partial charge in [-0.3, -0.25) is 14.6 Å². The molecule has 2 N–H and O–H groups in total. The number of ether oxygens (including phenoxy) is 1. The maximum Gasteiger partial charge on any atom is 0.260 e. The zero-order chi connectivity index (χ0) is 19.6. The molecule has 2 amide bonds. The van der Waals surface area contributed by atoms with Gasteiger partial charge in [0.25, 0.3) is 5.91 Å². The molecule has 2 aromatic rings.